The molecule has 1 atom stereocenters. The highest BCUT2D eigenvalue weighted by molar-refractivity contribution is 7.90. The molecule has 0 bridgehead atoms. The summed E-state index contributed by atoms with van der Waals surface area (Å²) in [4.78, 5) is 25.5. The lowest BCUT2D eigenvalue weighted by atomic mass is 9.86. The molecule has 3 aromatic carbocycles. The first-order chi connectivity index (χ1) is 16.5. The SMILES string of the molecule is Cc1ccc(CC(O)(C(=O)Nc2ccc3c(=O)onc(C)c3c2)c2ccc(S(C)(=O)=O)cc2)cc1. The molecule has 2 N–H and O–H groups in total. The molecule has 1 heterocycles. The zero-order valence-electron chi connectivity index (χ0n) is 19.4. The van der Waals surface area contributed by atoms with E-state index < -0.39 is 27.0 Å². The Morgan fingerprint density at radius 1 is 1.00 bits per heavy atom. The highest BCUT2D eigenvalue weighted by Crippen LogP contribution is 2.30. The number of fused-ring (bicyclic) bond motifs is 1. The molecule has 0 spiro atoms. The Kier molecular flexibility index (Phi) is 6.31. The van der Waals surface area contributed by atoms with Crippen LogP contribution in [0.2, 0.25) is 0 Å². The van der Waals surface area contributed by atoms with Crippen LogP contribution in [0.5, 0.6) is 0 Å². The minimum atomic E-state index is -3.45. The average Bonchev–Trinajstić information content (AvgIpc) is 2.82. The summed E-state index contributed by atoms with van der Waals surface area (Å²) in [6.45, 7) is 3.61. The van der Waals surface area contributed by atoms with Crippen molar-refractivity contribution in [2.75, 3.05) is 11.6 Å². The maximum Gasteiger partial charge on any atom is 0.366 e. The molecule has 0 aliphatic heterocycles. The summed E-state index contributed by atoms with van der Waals surface area (Å²) in [6.07, 6.45) is 1.04. The molecule has 4 aromatic rings. The molecule has 1 amide bonds. The molecule has 4 rings (SSSR count). The van der Waals surface area contributed by atoms with E-state index in [2.05, 4.69) is 10.5 Å². The van der Waals surface area contributed by atoms with Crippen LogP contribution in [0.15, 0.2) is 80.9 Å². The Labute approximate surface area is 202 Å². The maximum atomic E-state index is 13.5. The molecule has 1 unspecified atom stereocenters. The molecule has 1 aromatic heterocycles. The van der Waals surface area contributed by atoms with Crippen LogP contribution in [0, 0.1) is 13.8 Å². The van der Waals surface area contributed by atoms with Crippen LogP contribution in [0.1, 0.15) is 22.4 Å². The highest BCUT2D eigenvalue weighted by Gasteiger charge is 2.38. The summed E-state index contributed by atoms with van der Waals surface area (Å²) in [5, 5.41) is 19.0. The number of aromatic nitrogens is 1. The van der Waals surface area contributed by atoms with Crippen LogP contribution in [-0.2, 0) is 26.7 Å². The first kappa shape index (κ1) is 24.3. The normalized spacial score (nSPS) is 13.4. The molecule has 0 radical (unpaired) electrons. The molecule has 8 nitrogen and oxygen atoms in total. The number of anilines is 1. The minimum Gasteiger partial charge on any atom is -0.375 e. The van der Waals surface area contributed by atoms with E-state index in [0.717, 1.165) is 17.4 Å². The van der Waals surface area contributed by atoms with Crippen LogP contribution in [0.3, 0.4) is 0 Å². The van der Waals surface area contributed by atoms with Crippen LogP contribution in [0.4, 0.5) is 5.69 Å². The van der Waals surface area contributed by atoms with E-state index in [1.54, 1.807) is 13.0 Å². The molecule has 0 aliphatic rings. The molecular formula is C26H24N2O6S. The number of carbonyl (C=O) groups excluding carboxylic acids is 1. The van der Waals surface area contributed by atoms with Crippen molar-refractivity contribution in [2.24, 2.45) is 0 Å². The number of aryl methyl sites for hydroxylation is 2. The second-order valence-electron chi connectivity index (χ2n) is 8.59. The van der Waals surface area contributed by atoms with Crippen LogP contribution in [0.25, 0.3) is 10.8 Å². The number of benzene rings is 3. The van der Waals surface area contributed by atoms with Gasteiger partial charge in [-0.05, 0) is 55.3 Å². The van der Waals surface area contributed by atoms with Gasteiger partial charge in [-0.1, -0.05) is 47.1 Å². The second kappa shape index (κ2) is 9.09. The van der Waals surface area contributed by atoms with E-state index in [1.165, 1.54) is 36.4 Å². The Hall–Kier alpha value is -3.82. The van der Waals surface area contributed by atoms with Gasteiger partial charge in [-0.3, -0.25) is 4.79 Å². The van der Waals surface area contributed by atoms with Crippen LogP contribution in [-0.4, -0.2) is 30.8 Å². The predicted molar refractivity (Wildman–Crippen MR) is 132 cm³/mol. The van der Waals surface area contributed by atoms with Gasteiger partial charge in [0.05, 0.1) is 16.0 Å². The van der Waals surface area contributed by atoms with Gasteiger partial charge in [0, 0.05) is 23.8 Å². The number of carbonyl (C=O) groups is 1. The number of nitrogens with zero attached hydrogens (tertiary/aromatic N) is 1. The molecular weight excluding hydrogens is 468 g/mol. The fourth-order valence-electron chi connectivity index (χ4n) is 3.83. The number of aliphatic hydroxyl groups is 1. The van der Waals surface area contributed by atoms with Crippen molar-refractivity contribution in [2.45, 2.75) is 30.8 Å². The third-order valence-electron chi connectivity index (χ3n) is 5.87. The van der Waals surface area contributed by atoms with E-state index in [9.17, 15) is 23.1 Å². The second-order valence-corrected chi connectivity index (χ2v) is 10.6. The van der Waals surface area contributed by atoms with Crippen molar-refractivity contribution < 1.29 is 22.8 Å². The van der Waals surface area contributed by atoms with Crippen molar-refractivity contribution in [3.8, 4) is 0 Å². The van der Waals surface area contributed by atoms with Gasteiger partial charge >= 0.3 is 5.63 Å². The molecule has 35 heavy (non-hydrogen) atoms. The van der Waals surface area contributed by atoms with Gasteiger partial charge in [-0.2, -0.15) is 0 Å². The third-order valence-corrected chi connectivity index (χ3v) is 7.00. The summed E-state index contributed by atoms with van der Waals surface area (Å²) in [5.41, 5.74) is 0.214. The predicted octanol–water partition coefficient (Wildman–Crippen LogP) is 3.28. The monoisotopic (exact) mass is 492 g/mol. The lowest BCUT2D eigenvalue weighted by Gasteiger charge is -2.28. The Bertz CT molecular complexity index is 1580. The van der Waals surface area contributed by atoms with E-state index in [-0.39, 0.29) is 16.9 Å². The summed E-state index contributed by atoms with van der Waals surface area (Å²) < 4.78 is 28.5. The number of nitrogens with one attached hydrogen (secondary N) is 1. The van der Waals surface area contributed by atoms with Crippen molar-refractivity contribution in [1.82, 2.24) is 5.16 Å². The lowest BCUT2D eigenvalue weighted by Crippen LogP contribution is -2.42. The molecule has 0 saturated carbocycles. The average molecular weight is 493 g/mol. The molecule has 9 heteroatoms. The van der Waals surface area contributed by atoms with Crippen molar-refractivity contribution in [1.29, 1.82) is 0 Å². The topological polar surface area (TPSA) is 127 Å². The van der Waals surface area contributed by atoms with Crippen molar-refractivity contribution in [3.63, 3.8) is 0 Å². The zero-order valence-corrected chi connectivity index (χ0v) is 20.2. The van der Waals surface area contributed by atoms with E-state index in [0.29, 0.717) is 22.2 Å². The van der Waals surface area contributed by atoms with Crippen molar-refractivity contribution in [3.05, 3.63) is 99.5 Å². The standard InChI is InChI=1S/C26H24N2O6S/c1-16-4-6-18(7-5-16)15-26(31,19-8-11-21(12-9-19)35(3,32)33)25(30)27-20-10-13-22-23(14-20)17(2)28-34-24(22)29/h4-14,31H,15H2,1-3H3,(H,27,30). The Balaban J connectivity index is 1.74. The van der Waals surface area contributed by atoms with Gasteiger partial charge in [0.1, 0.15) is 0 Å². The van der Waals surface area contributed by atoms with Gasteiger partial charge in [0.15, 0.2) is 15.4 Å². The summed E-state index contributed by atoms with van der Waals surface area (Å²) in [7, 11) is -3.45. The Morgan fingerprint density at radius 3 is 2.29 bits per heavy atom. The van der Waals surface area contributed by atoms with E-state index in [1.807, 2.05) is 31.2 Å². The van der Waals surface area contributed by atoms with E-state index >= 15 is 0 Å². The zero-order chi connectivity index (χ0) is 25.4. The van der Waals surface area contributed by atoms with Crippen molar-refractivity contribution >= 4 is 32.2 Å². The largest absolute Gasteiger partial charge is 0.375 e. The molecule has 0 saturated heterocycles. The van der Waals surface area contributed by atoms with Crippen LogP contribution >= 0.6 is 0 Å². The first-order valence-corrected chi connectivity index (χ1v) is 12.7. The van der Waals surface area contributed by atoms with Gasteiger partial charge in [-0.15, -0.1) is 0 Å². The Morgan fingerprint density at radius 2 is 1.66 bits per heavy atom. The number of amides is 1. The third kappa shape index (κ3) is 5.01. The molecule has 0 fully saturated rings. The van der Waals surface area contributed by atoms with Gasteiger partial charge in [0.2, 0.25) is 0 Å². The number of sulfone groups is 1. The first-order valence-electron chi connectivity index (χ1n) is 10.8. The minimum absolute atomic E-state index is 0.0465. The highest BCUT2D eigenvalue weighted by atomic mass is 32.2. The maximum absolute atomic E-state index is 13.5. The lowest BCUT2D eigenvalue weighted by molar-refractivity contribution is -0.135. The fraction of sp³-hybridized carbons (Fsp3) is 0.192. The smallest absolute Gasteiger partial charge is 0.366 e. The number of hydrogen-bond acceptors (Lipinski definition) is 7. The summed E-state index contributed by atoms with van der Waals surface area (Å²) in [5.74, 6) is -0.710. The number of rotatable bonds is 6. The molecule has 180 valence electrons. The summed E-state index contributed by atoms with van der Waals surface area (Å²) in [6, 6.07) is 17.6. The van der Waals surface area contributed by atoms with Crippen LogP contribution < -0.4 is 10.9 Å². The van der Waals surface area contributed by atoms with E-state index in [4.69, 9.17) is 4.52 Å². The van der Waals surface area contributed by atoms with Gasteiger partial charge < -0.3 is 14.9 Å². The quantitative estimate of drug-likeness (QED) is 0.423. The number of hydrogen-bond donors (Lipinski definition) is 2. The van der Waals surface area contributed by atoms with Gasteiger partial charge in [0.25, 0.3) is 5.91 Å². The molecule has 0 aliphatic carbocycles. The summed E-state index contributed by atoms with van der Waals surface area (Å²) >= 11 is 0. The van der Waals surface area contributed by atoms with Gasteiger partial charge in [-0.25, -0.2) is 13.2 Å². The fourth-order valence-corrected chi connectivity index (χ4v) is 4.47.